The van der Waals surface area contributed by atoms with Gasteiger partial charge < -0.3 is 16.4 Å². The maximum atomic E-state index is 12.6. The van der Waals surface area contributed by atoms with Crippen molar-refractivity contribution in [2.24, 2.45) is 10.7 Å². The molecule has 1 aliphatic rings. The Kier molecular flexibility index (Phi) is 4.38. The number of nitrogens with two attached hydrogens (primary N) is 1. The number of alkyl halides is 1. The zero-order valence-electron chi connectivity index (χ0n) is 9.92. The van der Waals surface area contributed by atoms with Crippen molar-refractivity contribution in [2.45, 2.75) is 19.1 Å². The number of nitrogens with zero attached hydrogens (tertiary/aromatic N) is 1. The molecule has 0 aliphatic carbocycles. The summed E-state index contributed by atoms with van der Waals surface area (Å²) < 4.78 is 12.6. The van der Waals surface area contributed by atoms with Crippen molar-refractivity contribution in [3.05, 3.63) is 28.8 Å². The quantitative estimate of drug-likeness (QED) is 0.581. The lowest BCUT2D eigenvalue weighted by atomic mass is 10.2. The van der Waals surface area contributed by atoms with Gasteiger partial charge in [-0.15, -0.1) is 0 Å². The van der Waals surface area contributed by atoms with Crippen LogP contribution in [0.1, 0.15) is 12.0 Å². The average molecular weight is 271 g/mol. The number of nitrogens with one attached hydrogen (secondary N) is 2. The van der Waals surface area contributed by atoms with Crippen LogP contribution in [0.3, 0.4) is 0 Å². The summed E-state index contributed by atoms with van der Waals surface area (Å²) in [6.07, 6.45) is 0.980. The summed E-state index contributed by atoms with van der Waals surface area (Å²) in [6.45, 7) is 1.25. The molecule has 1 atom stereocenters. The molecule has 0 amide bonds. The van der Waals surface area contributed by atoms with Gasteiger partial charge in [0, 0.05) is 17.3 Å². The molecular formula is C12H16ClFN4. The average Bonchev–Trinajstić information content (AvgIpc) is 2.80. The number of aliphatic imine (C=N–C) groups is 1. The van der Waals surface area contributed by atoms with Crippen molar-refractivity contribution in [1.82, 2.24) is 5.32 Å². The van der Waals surface area contributed by atoms with E-state index < -0.39 is 6.67 Å². The van der Waals surface area contributed by atoms with Gasteiger partial charge in [0.1, 0.15) is 6.67 Å². The molecule has 1 fully saturated rings. The molecule has 0 radical (unpaired) electrons. The van der Waals surface area contributed by atoms with E-state index in [-0.39, 0.29) is 6.04 Å². The van der Waals surface area contributed by atoms with Crippen molar-refractivity contribution in [3.63, 3.8) is 0 Å². The number of guanidine groups is 1. The first-order valence-electron chi connectivity index (χ1n) is 5.84. The summed E-state index contributed by atoms with van der Waals surface area (Å²) in [5.74, 6) is 0.329. The number of halogens is 2. The van der Waals surface area contributed by atoms with Crippen LogP contribution in [-0.4, -0.2) is 25.1 Å². The summed E-state index contributed by atoms with van der Waals surface area (Å²) in [5, 5.41) is 6.62. The zero-order chi connectivity index (χ0) is 13.0. The molecule has 1 saturated heterocycles. The van der Waals surface area contributed by atoms with Crippen molar-refractivity contribution in [3.8, 4) is 0 Å². The van der Waals surface area contributed by atoms with Crippen LogP contribution in [0, 0.1) is 0 Å². The number of benzene rings is 1. The molecule has 1 aliphatic heterocycles. The van der Waals surface area contributed by atoms with E-state index in [9.17, 15) is 4.39 Å². The predicted molar refractivity (Wildman–Crippen MR) is 72.8 cm³/mol. The molecule has 1 heterocycles. The smallest absolute Gasteiger partial charge is 0.193 e. The van der Waals surface area contributed by atoms with Crippen LogP contribution in [0.25, 0.3) is 0 Å². The Hall–Kier alpha value is -1.33. The minimum atomic E-state index is -0.557. The standard InChI is InChI=1S/C12H16ClFN4/c13-9-3-8(6-14)4-11(5-9)18-12(15)17-10-1-2-16-7-10/h3-5,10,16H,1-2,6-7H2,(H3,15,17,18). The molecule has 6 heteroatoms. The Morgan fingerprint density at radius 2 is 2.39 bits per heavy atom. The largest absolute Gasteiger partial charge is 0.370 e. The van der Waals surface area contributed by atoms with Crippen LogP contribution >= 0.6 is 11.6 Å². The highest BCUT2D eigenvalue weighted by atomic mass is 35.5. The first kappa shape index (κ1) is 13.1. The van der Waals surface area contributed by atoms with Crippen LogP contribution in [-0.2, 0) is 6.67 Å². The fourth-order valence-corrected chi connectivity index (χ4v) is 2.18. The minimum Gasteiger partial charge on any atom is -0.370 e. The van der Waals surface area contributed by atoms with Gasteiger partial charge in [0.25, 0.3) is 0 Å². The van der Waals surface area contributed by atoms with E-state index in [1.165, 1.54) is 0 Å². The molecule has 1 aromatic rings. The lowest BCUT2D eigenvalue weighted by Crippen LogP contribution is -2.26. The van der Waals surface area contributed by atoms with E-state index in [2.05, 4.69) is 15.6 Å². The van der Waals surface area contributed by atoms with Gasteiger partial charge in [0.15, 0.2) is 5.96 Å². The van der Waals surface area contributed by atoms with Crippen molar-refractivity contribution in [1.29, 1.82) is 0 Å². The molecule has 0 saturated carbocycles. The fraction of sp³-hybridized carbons (Fsp3) is 0.417. The molecule has 18 heavy (non-hydrogen) atoms. The van der Waals surface area contributed by atoms with E-state index in [0.29, 0.717) is 22.2 Å². The molecule has 0 aromatic heterocycles. The van der Waals surface area contributed by atoms with Gasteiger partial charge >= 0.3 is 0 Å². The van der Waals surface area contributed by atoms with Gasteiger partial charge in [-0.05, 0) is 36.7 Å². The maximum absolute atomic E-state index is 12.6. The lowest BCUT2D eigenvalue weighted by molar-refractivity contribution is 0.485. The maximum Gasteiger partial charge on any atom is 0.193 e. The number of hydrogen-bond donors (Lipinski definition) is 3. The first-order chi connectivity index (χ1) is 8.67. The van der Waals surface area contributed by atoms with Gasteiger partial charge in [-0.3, -0.25) is 0 Å². The molecule has 4 N–H and O–H groups in total. The number of anilines is 1. The highest BCUT2D eigenvalue weighted by Crippen LogP contribution is 2.19. The summed E-state index contributed by atoms with van der Waals surface area (Å²) >= 11 is 5.89. The fourth-order valence-electron chi connectivity index (χ4n) is 1.93. The Bertz CT molecular complexity index is 444. The first-order valence-corrected chi connectivity index (χ1v) is 6.21. The summed E-state index contributed by atoms with van der Waals surface area (Å²) in [6, 6.07) is 5.15. The molecular weight excluding hydrogens is 255 g/mol. The second kappa shape index (κ2) is 6.02. The SMILES string of the molecule is NC(=NC1CCNC1)Nc1cc(Cl)cc(CF)c1. The van der Waals surface area contributed by atoms with Crippen LogP contribution in [0.15, 0.2) is 23.2 Å². The third-order valence-electron chi connectivity index (χ3n) is 2.74. The highest BCUT2D eigenvalue weighted by molar-refractivity contribution is 6.31. The molecule has 2 rings (SSSR count). The van der Waals surface area contributed by atoms with Gasteiger partial charge in [-0.25, -0.2) is 9.38 Å². The number of hydrogen-bond acceptors (Lipinski definition) is 2. The molecule has 0 bridgehead atoms. The van der Waals surface area contributed by atoms with E-state index in [4.69, 9.17) is 17.3 Å². The lowest BCUT2D eigenvalue weighted by Gasteiger charge is -2.09. The van der Waals surface area contributed by atoms with Crippen LogP contribution in [0.4, 0.5) is 10.1 Å². The van der Waals surface area contributed by atoms with E-state index in [0.717, 1.165) is 19.5 Å². The second-order valence-electron chi connectivity index (χ2n) is 4.27. The Balaban J connectivity index is 2.05. The van der Waals surface area contributed by atoms with Crippen molar-refractivity contribution < 1.29 is 4.39 Å². The molecule has 0 spiro atoms. The summed E-state index contributed by atoms with van der Waals surface area (Å²) in [5.41, 5.74) is 6.97. The second-order valence-corrected chi connectivity index (χ2v) is 4.70. The van der Waals surface area contributed by atoms with Gasteiger partial charge in [0.05, 0.1) is 6.04 Å². The third kappa shape index (κ3) is 3.58. The minimum absolute atomic E-state index is 0.206. The van der Waals surface area contributed by atoms with Crippen molar-refractivity contribution in [2.75, 3.05) is 18.4 Å². The molecule has 4 nitrogen and oxygen atoms in total. The monoisotopic (exact) mass is 270 g/mol. The van der Waals surface area contributed by atoms with Gasteiger partial charge in [0.2, 0.25) is 0 Å². The Morgan fingerprint density at radius 1 is 1.56 bits per heavy atom. The van der Waals surface area contributed by atoms with Gasteiger partial charge in [-0.2, -0.15) is 0 Å². The Labute approximate surface area is 110 Å². The van der Waals surface area contributed by atoms with E-state index >= 15 is 0 Å². The van der Waals surface area contributed by atoms with Crippen LogP contribution < -0.4 is 16.4 Å². The molecule has 98 valence electrons. The normalized spacial score (nSPS) is 20.1. The summed E-state index contributed by atoms with van der Waals surface area (Å²) in [4.78, 5) is 4.34. The van der Waals surface area contributed by atoms with Crippen LogP contribution in [0.2, 0.25) is 5.02 Å². The third-order valence-corrected chi connectivity index (χ3v) is 2.96. The van der Waals surface area contributed by atoms with Crippen molar-refractivity contribution >= 4 is 23.2 Å². The Morgan fingerprint density at radius 3 is 3.06 bits per heavy atom. The van der Waals surface area contributed by atoms with Crippen LogP contribution in [0.5, 0.6) is 0 Å². The predicted octanol–water partition coefficient (Wildman–Crippen LogP) is 1.90. The number of rotatable bonds is 3. The summed E-state index contributed by atoms with van der Waals surface area (Å²) in [7, 11) is 0. The van der Waals surface area contributed by atoms with E-state index in [1.54, 1.807) is 18.2 Å². The topological polar surface area (TPSA) is 62.4 Å². The highest BCUT2D eigenvalue weighted by Gasteiger charge is 2.13. The molecule has 1 unspecified atom stereocenters. The zero-order valence-corrected chi connectivity index (χ0v) is 10.7. The van der Waals surface area contributed by atoms with E-state index in [1.807, 2.05) is 0 Å². The van der Waals surface area contributed by atoms with Gasteiger partial charge in [-0.1, -0.05) is 11.6 Å². The molecule has 1 aromatic carbocycles.